The van der Waals surface area contributed by atoms with Gasteiger partial charge in [0.15, 0.2) is 9.84 Å². The van der Waals surface area contributed by atoms with Crippen molar-refractivity contribution in [1.29, 1.82) is 5.53 Å². The summed E-state index contributed by atoms with van der Waals surface area (Å²) in [6, 6.07) is -0.326. The first-order valence-electron chi connectivity index (χ1n) is 6.57. The van der Waals surface area contributed by atoms with Gasteiger partial charge in [-0.1, -0.05) is 13.8 Å². The van der Waals surface area contributed by atoms with Gasteiger partial charge in [0, 0.05) is 12.7 Å². The van der Waals surface area contributed by atoms with Gasteiger partial charge in [-0.2, -0.15) is 5.11 Å². The van der Waals surface area contributed by atoms with Gasteiger partial charge >= 0.3 is 0 Å². The lowest BCUT2D eigenvalue weighted by molar-refractivity contribution is -0.145. The topological polar surface area (TPSA) is 103 Å². The van der Waals surface area contributed by atoms with Crippen molar-refractivity contribution < 1.29 is 13.2 Å². The van der Waals surface area contributed by atoms with Gasteiger partial charge in [-0.05, 0) is 12.8 Å². The Hall–Kier alpha value is -1.44. The fourth-order valence-electron chi connectivity index (χ4n) is 3.35. The summed E-state index contributed by atoms with van der Waals surface area (Å²) in [5.74, 6) is -0.0339. The summed E-state index contributed by atoms with van der Waals surface area (Å²) >= 11 is 0. The van der Waals surface area contributed by atoms with Crippen LogP contribution in [0.1, 0.15) is 27.2 Å². The van der Waals surface area contributed by atoms with Crippen LogP contribution < -0.4 is 5.32 Å². The maximum atomic E-state index is 12.7. The third-order valence-corrected chi connectivity index (χ3v) is 7.03. The van der Waals surface area contributed by atoms with E-state index in [0.29, 0.717) is 0 Å². The van der Waals surface area contributed by atoms with Crippen molar-refractivity contribution in [2.75, 3.05) is 6.54 Å². The molecule has 0 aromatic heterocycles. The molecule has 3 atom stereocenters. The quantitative estimate of drug-likeness (QED) is 0.580. The summed E-state index contributed by atoms with van der Waals surface area (Å²) in [6.45, 7) is 5.75. The standard InChI is InChI=1S/C12H20N4O3S/c1-8(2)11-12(3,7-14-4-5-15-13)20(18,19)10-6-9(17)16(10)11/h4-5,8,10-11,13-14H,6-7H2,1-3H3/b5-4-,15-13?/t10-,11+,12?/m1/s1. The van der Waals surface area contributed by atoms with E-state index in [1.165, 1.54) is 17.3 Å². The zero-order valence-corrected chi connectivity index (χ0v) is 12.6. The molecule has 2 rings (SSSR count). The highest BCUT2D eigenvalue weighted by molar-refractivity contribution is 7.93. The number of amides is 1. The molecule has 2 heterocycles. The van der Waals surface area contributed by atoms with Crippen LogP contribution >= 0.6 is 0 Å². The van der Waals surface area contributed by atoms with Crippen molar-refractivity contribution in [3.05, 3.63) is 12.4 Å². The Balaban J connectivity index is 2.34. The fraction of sp³-hybridized carbons (Fsp3) is 0.750. The number of hydrogen-bond donors (Lipinski definition) is 2. The van der Waals surface area contributed by atoms with Crippen molar-refractivity contribution >= 4 is 15.7 Å². The van der Waals surface area contributed by atoms with Crippen LogP contribution in [0.15, 0.2) is 17.5 Å². The Morgan fingerprint density at radius 2 is 2.25 bits per heavy atom. The SMILES string of the molecule is CC(C)[C@@H]1N2C(=O)C[C@H]2S(=O)(=O)C1(C)CN/C=C\N=N. The normalized spacial score (nSPS) is 35.2. The van der Waals surface area contributed by atoms with E-state index in [1.54, 1.807) is 6.92 Å². The van der Waals surface area contributed by atoms with Crippen LogP contribution in [0, 0.1) is 11.4 Å². The number of hydrogen-bond acceptors (Lipinski definition) is 6. The first-order chi connectivity index (χ1) is 9.27. The minimum Gasteiger partial charge on any atom is -0.388 e. The Kier molecular flexibility index (Phi) is 3.62. The van der Waals surface area contributed by atoms with Gasteiger partial charge in [0.25, 0.3) is 0 Å². The first-order valence-corrected chi connectivity index (χ1v) is 8.11. The van der Waals surface area contributed by atoms with Gasteiger partial charge in [0.2, 0.25) is 5.91 Å². The number of carbonyl (C=O) groups excluding carboxylic acids is 1. The van der Waals surface area contributed by atoms with Crippen LogP contribution in [0.4, 0.5) is 0 Å². The highest BCUT2D eigenvalue weighted by Crippen LogP contribution is 2.48. The van der Waals surface area contributed by atoms with E-state index in [2.05, 4.69) is 10.4 Å². The molecule has 112 valence electrons. The minimum absolute atomic E-state index is 0.0515. The van der Waals surface area contributed by atoms with Gasteiger partial charge in [-0.15, -0.1) is 0 Å². The molecule has 0 bridgehead atoms. The molecule has 8 heteroatoms. The molecule has 0 aromatic rings. The van der Waals surface area contributed by atoms with Crippen LogP contribution in [0.2, 0.25) is 0 Å². The van der Waals surface area contributed by atoms with Gasteiger partial charge in [-0.25, -0.2) is 13.9 Å². The molecule has 2 N–H and O–H groups in total. The molecule has 1 amide bonds. The number of nitrogens with one attached hydrogen (secondary N) is 2. The Morgan fingerprint density at radius 1 is 1.60 bits per heavy atom. The molecule has 0 saturated carbocycles. The van der Waals surface area contributed by atoms with Crippen LogP contribution in [0.3, 0.4) is 0 Å². The summed E-state index contributed by atoms with van der Waals surface area (Å²) in [6.07, 6.45) is 2.79. The van der Waals surface area contributed by atoms with Crippen molar-refractivity contribution in [2.45, 2.75) is 43.4 Å². The molecule has 2 fully saturated rings. The van der Waals surface area contributed by atoms with Gasteiger partial charge < -0.3 is 10.2 Å². The highest BCUT2D eigenvalue weighted by atomic mass is 32.2. The van der Waals surface area contributed by atoms with Crippen LogP contribution in [0.5, 0.6) is 0 Å². The smallest absolute Gasteiger partial charge is 0.227 e. The van der Waals surface area contributed by atoms with Gasteiger partial charge in [0.1, 0.15) is 10.1 Å². The lowest BCUT2D eigenvalue weighted by Crippen LogP contribution is -2.57. The molecule has 0 aromatic carbocycles. The largest absolute Gasteiger partial charge is 0.388 e. The molecule has 1 unspecified atom stereocenters. The number of nitrogens with zero attached hydrogens (tertiary/aromatic N) is 2. The predicted octanol–water partition coefficient (Wildman–Crippen LogP) is 0.848. The molecule has 0 aliphatic carbocycles. The number of carbonyl (C=O) groups is 1. The first kappa shape index (κ1) is 15.0. The van der Waals surface area contributed by atoms with Crippen molar-refractivity contribution in [3.63, 3.8) is 0 Å². The number of β-lactam (4-membered cyclic amide) rings is 1. The van der Waals surface area contributed by atoms with Crippen molar-refractivity contribution in [1.82, 2.24) is 10.2 Å². The molecular formula is C12H20N4O3S. The molecule has 7 nitrogen and oxygen atoms in total. The van der Waals surface area contributed by atoms with Crippen LogP contribution in [-0.4, -0.2) is 41.9 Å². The van der Waals surface area contributed by atoms with E-state index < -0.39 is 20.0 Å². The van der Waals surface area contributed by atoms with Crippen LogP contribution in [0.25, 0.3) is 0 Å². The third-order valence-electron chi connectivity index (χ3n) is 4.23. The molecule has 0 spiro atoms. The third kappa shape index (κ3) is 1.85. The Labute approximate surface area is 118 Å². The molecule has 2 aliphatic heterocycles. The summed E-state index contributed by atoms with van der Waals surface area (Å²) in [4.78, 5) is 13.3. The van der Waals surface area contributed by atoms with E-state index in [0.717, 1.165) is 0 Å². The van der Waals surface area contributed by atoms with Crippen molar-refractivity contribution in [2.24, 2.45) is 11.0 Å². The van der Waals surface area contributed by atoms with E-state index in [1.807, 2.05) is 13.8 Å². The average molecular weight is 300 g/mol. The fourth-order valence-corrected chi connectivity index (χ4v) is 5.89. The molecule has 2 saturated heterocycles. The zero-order valence-electron chi connectivity index (χ0n) is 11.8. The lowest BCUT2D eigenvalue weighted by atomic mass is 9.87. The van der Waals surface area contributed by atoms with Gasteiger partial charge in [0.05, 0.1) is 18.7 Å². The molecular weight excluding hydrogens is 280 g/mol. The predicted molar refractivity (Wildman–Crippen MR) is 73.5 cm³/mol. The zero-order chi connectivity index (χ0) is 15.1. The van der Waals surface area contributed by atoms with Crippen LogP contribution in [-0.2, 0) is 14.6 Å². The summed E-state index contributed by atoms with van der Waals surface area (Å²) < 4.78 is 24.3. The average Bonchev–Trinajstić information content (AvgIpc) is 2.49. The number of fused-ring (bicyclic) bond motifs is 1. The minimum atomic E-state index is -3.41. The van der Waals surface area contributed by atoms with E-state index in [-0.39, 0.29) is 30.8 Å². The number of rotatable bonds is 5. The number of sulfone groups is 1. The monoisotopic (exact) mass is 300 g/mol. The van der Waals surface area contributed by atoms with Gasteiger partial charge in [-0.3, -0.25) is 4.79 Å². The Bertz CT molecular complexity index is 557. The summed E-state index contributed by atoms with van der Waals surface area (Å²) in [7, 11) is -3.41. The highest BCUT2D eigenvalue weighted by Gasteiger charge is 2.67. The van der Waals surface area contributed by atoms with E-state index in [9.17, 15) is 13.2 Å². The second-order valence-electron chi connectivity index (χ2n) is 5.83. The summed E-state index contributed by atoms with van der Waals surface area (Å²) in [5.41, 5.74) is 6.65. The Morgan fingerprint density at radius 3 is 2.75 bits per heavy atom. The maximum absolute atomic E-state index is 12.7. The molecule has 0 radical (unpaired) electrons. The van der Waals surface area contributed by atoms with Crippen molar-refractivity contribution in [3.8, 4) is 0 Å². The van der Waals surface area contributed by atoms with E-state index in [4.69, 9.17) is 5.53 Å². The lowest BCUT2D eigenvalue weighted by Gasteiger charge is -2.40. The second-order valence-corrected chi connectivity index (χ2v) is 8.40. The van der Waals surface area contributed by atoms with E-state index >= 15 is 0 Å². The maximum Gasteiger partial charge on any atom is 0.227 e. The molecule has 20 heavy (non-hydrogen) atoms. The second kappa shape index (κ2) is 4.83. The summed E-state index contributed by atoms with van der Waals surface area (Å²) in [5, 5.41) is 5.27. The molecule has 2 aliphatic rings.